The normalized spacial score (nSPS) is 10.9. The van der Waals surface area contributed by atoms with Gasteiger partial charge in [-0.05, 0) is 43.7 Å². The SMILES string of the molecule is CCN(CC)c1ccc2nnc(CCC(=O)NCc3ccc(F)cc3)n2n1. The summed E-state index contributed by atoms with van der Waals surface area (Å²) >= 11 is 0. The molecule has 0 atom stereocenters. The molecule has 0 spiro atoms. The van der Waals surface area contributed by atoms with Crippen molar-refractivity contribution in [3.8, 4) is 0 Å². The molecule has 0 unspecified atom stereocenters. The summed E-state index contributed by atoms with van der Waals surface area (Å²) in [5.74, 6) is 1.11. The molecule has 0 bridgehead atoms. The molecule has 2 heterocycles. The Balaban J connectivity index is 1.61. The Labute approximate surface area is 157 Å². The van der Waals surface area contributed by atoms with Gasteiger partial charge in [-0.3, -0.25) is 4.79 Å². The van der Waals surface area contributed by atoms with Crippen molar-refractivity contribution < 1.29 is 9.18 Å². The molecule has 0 fully saturated rings. The second-order valence-corrected chi connectivity index (χ2v) is 6.15. The van der Waals surface area contributed by atoms with Crippen LogP contribution in [0.3, 0.4) is 0 Å². The molecular formula is C19H23FN6O. The van der Waals surface area contributed by atoms with E-state index in [1.807, 2.05) is 12.1 Å². The monoisotopic (exact) mass is 370 g/mol. The molecular weight excluding hydrogens is 347 g/mol. The lowest BCUT2D eigenvalue weighted by Crippen LogP contribution is -2.24. The topological polar surface area (TPSA) is 75.4 Å². The largest absolute Gasteiger partial charge is 0.356 e. The maximum Gasteiger partial charge on any atom is 0.220 e. The van der Waals surface area contributed by atoms with Gasteiger partial charge in [-0.15, -0.1) is 15.3 Å². The van der Waals surface area contributed by atoms with Gasteiger partial charge >= 0.3 is 0 Å². The van der Waals surface area contributed by atoms with Crippen molar-refractivity contribution in [2.45, 2.75) is 33.2 Å². The highest BCUT2D eigenvalue weighted by atomic mass is 19.1. The standard InChI is InChI=1S/C19H23FN6O/c1-3-25(4-2)18-10-9-16-22-23-17(26(16)24-18)11-12-19(27)21-13-14-5-7-15(20)8-6-14/h5-10H,3-4,11-13H2,1-2H3,(H,21,27). The van der Waals surface area contributed by atoms with Gasteiger partial charge in [0, 0.05) is 32.5 Å². The third kappa shape index (κ3) is 4.58. The van der Waals surface area contributed by atoms with Crippen LogP contribution in [0.25, 0.3) is 5.65 Å². The molecule has 27 heavy (non-hydrogen) atoms. The van der Waals surface area contributed by atoms with E-state index in [0.717, 1.165) is 24.5 Å². The van der Waals surface area contributed by atoms with Gasteiger partial charge in [0.05, 0.1) is 0 Å². The first-order valence-electron chi connectivity index (χ1n) is 9.08. The lowest BCUT2D eigenvalue weighted by Gasteiger charge is -2.19. The molecule has 0 saturated heterocycles. The molecule has 1 amide bonds. The highest BCUT2D eigenvalue weighted by molar-refractivity contribution is 5.76. The Hall–Kier alpha value is -3.03. The summed E-state index contributed by atoms with van der Waals surface area (Å²) < 4.78 is 14.6. The van der Waals surface area contributed by atoms with E-state index in [1.54, 1.807) is 16.6 Å². The molecule has 3 rings (SSSR count). The Morgan fingerprint density at radius 3 is 2.56 bits per heavy atom. The van der Waals surface area contributed by atoms with Crippen LogP contribution >= 0.6 is 0 Å². The number of amides is 1. The maximum atomic E-state index is 12.9. The first-order chi connectivity index (χ1) is 13.1. The van der Waals surface area contributed by atoms with Gasteiger partial charge in [0.25, 0.3) is 0 Å². The quantitative estimate of drug-likeness (QED) is 0.659. The second-order valence-electron chi connectivity index (χ2n) is 6.15. The van der Waals surface area contributed by atoms with E-state index in [1.165, 1.54) is 12.1 Å². The van der Waals surface area contributed by atoms with Crippen LogP contribution in [0, 0.1) is 5.82 Å². The summed E-state index contributed by atoms with van der Waals surface area (Å²) in [5, 5.41) is 15.7. The van der Waals surface area contributed by atoms with E-state index in [-0.39, 0.29) is 18.1 Å². The second kappa shape index (κ2) is 8.57. The first kappa shape index (κ1) is 18.8. The van der Waals surface area contributed by atoms with Crippen molar-refractivity contribution in [2.24, 2.45) is 0 Å². The van der Waals surface area contributed by atoms with Crippen molar-refractivity contribution in [2.75, 3.05) is 18.0 Å². The van der Waals surface area contributed by atoms with E-state index in [2.05, 4.69) is 39.4 Å². The van der Waals surface area contributed by atoms with Crippen LogP contribution in [-0.2, 0) is 17.8 Å². The lowest BCUT2D eigenvalue weighted by atomic mass is 10.2. The first-order valence-corrected chi connectivity index (χ1v) is 9.08. The zero-order valence-corrected chi connectivity index (χ0v) is 15.5. The van der Waals surface area contributed by atoms with Crippen LogP contribution in [0.5, 0.6) is 0 Å². The van der Waals surface area contributed by atoms with Crippen LogP contribution in [0.1, 0.15) is 31.7 Å². The minimum Gasteiger partial charge on any atom is -0.356 e. The van der Waals surface area contributed by atoms with Crippen LogP contribution in [-0.4, -0.2) is 38.8 Å². The number of fused-ring (bicyclic) bond motifs is 1. The molecule has 2 aromatic heterocycles. The molecule has 3 aromatic rings. The number of halogens is 1. The summed E-state index contributed by atoms with van der Waals surface area (Å²) in [4.78, 5) is 14.2. The van der Waals surface area contributed by atoms with Crippen molar-refractivity contribution in [1.82, 2.24) is 25.1 Å². The van der Waals surface area contributed by atoms with Gasteiger partial charge in [-0.25, -0.2) is 4.39 Å². The fourth-order valence-corrected chi connectivity index (χ4v) is 2.81. The van der Waals surface area contributed by atoms with Gasteiger partial charge in [0.15, 0.2) is 11.5 Å². The van der Waals surface area contributed by atoms with E-state index in [4.69, 9.17) is 0 Å². The highest BCUT2D eigenvalue weighted by Gasteiger charge is 2.12. The third-order valence-corrected chi connectivity index (χ3v) is 4.38. The number of nitrogens with one attached hydrogen (secondary N) is 1. The number of nitrogens with zero attached hydrogens (tertiary/aromatic N) is 5. The number of hydrogen-bond acceptors (Lipinski definition) is 5. The van der Waals surface area contributed by atoms with E-state index in [0.29, 0.717) is 24.4 Å². The average molecular weight is 370 g/mol. The average Bonchev–Trinajstić information content (AvgIpc) is 3.09. The Kier molecular flexibility index (Phi) is 5.95. The van der Waals surface area contributed by atoms with Gasteiger partial charge in [0.2, 0.25) is 5.91 Å². The van der Waals surface area contributed by atoms with Crippen molar-refractivity contribution in [1.29, 1.82) is 0 Å². The Morgan fingerprint density at radius 1 is 1.11 bits per heavy atom. The molecule has 7 nitrogen and oxygen atoms in total. The molecule has 142 valence electrons. The molecule has 0 radical (unpaired) electrons. The summed E-state index contributed by atoms with van der Waals surface area (Å²) in [6, 6.07) is 9.87. The highest BCUT2D eigenvalue weighted by Crippen LogP contribution is 2.12. The lowest BCUT2D eigenvalue weighted by molar-refractivity contribution is -0.121. The van der Waals surface area contributed by atoms with Gasteiger partial charge in [-0.1, -0.05) is 12.1 Å². The van der Waals surface area contributed by atoms with Gasteiger partial charge in [-0.2, -0.15) is 4.52 Å². The van der Waals surface area contributed by atoms with Crippen molar-refractivity contribution in [3.05, 3.63) is 53.6 Å². The van der Waals surface area contributed by atoms with Gasteiger partial charge < -0.3 is 10.2 Å². The molecule has 0 aliphatic carbocycles. The smallest absolute Gasteiger partial charge is 0.220 e. The molecule has 1 aromatic carbocycles. The number of anilines is 1. The fraction of sp³-hybridized carbons (Fsp3) is 0.368. The molecule has 0 aliphatic heterocycles. The zero-order chi connectivity index (χ0) is 19.2. The summed E-state index contributed by atoms with van der Waals surface area (Å²) in [7, 11) is 0. The van der Waals surface area contributed by atoms with Crippen molar-refractivity contribution in [3.63, 3.8) is 0 Å². The summed E-state index contributed by atoms with van der Waals surface area (Å²) in [6.07, 6.45) is 0.713. The number of carbonyl (C=O) groups is 1. The fourth-order valence-electron chi connectivity index (χ4n) is 2.81. The van der Waals surface area contributed by atoms with Crippen LogP contribution in [0.2, 0.25) is 0 Å². The number of carbonyl (C=O) groups excluding carboxylic acids is 1. The van der Waals surface area contributed by atoms with Crippen LogP contribution in [0.15, 0.2) is 36.4 Å². The van der Waals surface area contributed by atoms with Gasteiger partial charge in [0.1, 0.15) is 11.6 Å². The number of benzene rings is 1. The minimum absolute atomic E-state index is 0.101. The molecule has 0 aliphatic rings. The summed E-state index contributed by atoms with van der Waals surface area (Å²) in [5.41, 5.74) is 1.51. The Morgan fingerprint density at radius 2 is 1.85 bits per heavy atom. The van der Waals surface area contributed by atoms with E-state index < -0.39 is 0 Å². The third-order valence-electron chi connectivity index (χ3n) is 4.38. The molecule has 1 N–H and O–H groups in total. The minimum atomic E-state index is -0.291. The van der Waals surface area contributed by atoms with E-state index >= 15 is 0 Å². The van der Waals surface area contributed by atoms with Crippen LogP contribution < -0.4 is 10.2 Å². The van der Waals surface area contributed by atoms with Crippen molar-refractivity contribution >= 4 is 17.4 Å². The number of rotatable bonds is 8. The summed E-state index contributed by atoms with van der Waals surface area (Å²) in [6.45, 7) is 6.24. The predicted molar refractivity (Wildman–Crippen MR) is 101 cm³/mol. The molecule has 8 heteroatoms. The predicted octanol–water partition coefficient (Wildman–Crippen LogP) is 2.36. The molecule has 0 saturated carbocycles. The van der Waals surface area contributed by atoms with E-state index in [9.17, 15) is 9.18 Å². The number of hydrogen-bond donors (Lipinski definition) is 1. The number of aromatic nitrogens is 4. The maximum absolute atomic E-state index is 12.9. The zero-order valence-electron chi connectivity index (χ0n) is 15.5. The number of aryl methyl sites for hydroxylation is 1. The Bertz CT molecular complexity index is 904. The van der Waals surface area contributed by atoms with Crippen LogP contribution in [0.4, 0.5) is 10.2 Å².